The van der Waals surface area contributed by atoms with Gasteiger partial charge in [-0.1, -0.05) is 6.07 Å². The molecule has 0 bridgehead atoms. The summed E-state index contributed by atoms with van der Waals surface area (Å²) < 4.78 is 39.8. The molecule has 100 valence electrons. The first-order valence-electron chi connectivity index (χ1n) is 5.61. The lowest BCUT2D eigenvalue weighted by molar-refractivity contribution is 0.557. The number of aromatic nitrogens is 1. The summed E-state index contributed by atoms with van der Waals surface area (Å²) in [6.45, 7) is 3.79. The predicted octanol–water partition coefficient (Wildman–Crippen LogP) is 2.64. The van der Waals surface area contributed by atoms with E-state index in [9.17, 15) is 12.8 Å². The summed E-state index contributed by atoms with van der Waals surface area (Å²) in [7, 11) is -4.01. The summed E-state index contributed by atoms with van der Waals surface area (Å²) >= 11 is 0. The molecule has 0 atom stereocenters. The van der Waals surface area contributed by atoms with Crippen LogP contribution in [0.1, 0.15) is 11.1 Å². The number of halogens is 1. The van der Waals surface area contributed by atoms with Crippen molar-refractivity contribution in [2.45, 2.75) is 18.9 Å². The molecule has 0 aliphatic carbocycles. The second kappa shape index (κ2) is 4.97. The number of aryl methyl sites for hydroxylation is 2. The van der Waals surface area contributed by atoms with Crippen LogP contribution in [0.3, 0.4) is 0 Å². The highest BCUT2D eigenvalue weighted by Gasteiger charge is 2.20. The molecule has 0 aliphatic heterocycles. The molecule has 0 fully saturated rings. The molecule has 0 spiro atoms. The minimum absolute atomic E-state index is 0.383. The van der Waals surface area contributed by atoms with Crippen LogP contribution in [0.25, 0.3) is 0 Å². The molecule has 19 heavy (non-hydrogen) atoms. The fraction of sp³-hybridized carbons (Fsp3) is 0.154. The lowest BCUT2D eigenvalue weighted by Crippen LogP contribution is -2.16. The van der Waals surface area contributed by atoms with Crippen LogP contribution in [-0.2, 0) is 10.0 Å². The maximum atomic E-state index is 13.4. The average molecular weight is 280 g/mol. The first kappa shape index (κ1) is 13.5. The third kappa shape index (κ3) is 2.90. The Balaban J connectivity index is 2.37. The van der Waals surface area contributed by atoms with Crippen molar-refractivity contribution < 1.29 is 12.8 Å². The van der Waals surface area contributed by atoms with Crippen LogP contribution < -0.4 is 4.72 Å². The zero-order chi connectivity index (χ0) is 14.0. The van der Waals surface area contributed by atoms with Gasteiger partial charge in [0.2, 0.25) is 5.03 Å². The zero-order valence-electron chi connectivity index (χ0n) is 10.5. The molecule has 1 aromatic carbocycles. The minimum Gasteiger partial charge on any atom is -0.278 e. The molecule has 6 heteroatoms. The van der Waals surface area contributed by atoms with Crippen molar-refractivity contribution in [1.29, 1.82) is 0 Å². The summed E-state index contributed by atoms with van der Waals surface area (Å²) in [6.07, 6.45) is 1.23. The summed E-state index contributed by atoms with van der Waals surface area (Å²) in [5, 5.41) is -0.603. The largest absolute Gasteiger partial charge is 0.282 e. The number of pyridine rings is 1. The van der Waals surface area contributed by atoms with Crippen molar-refractivity contribution in [3.8, 4) is 0 Å². The van der Waals surface area contributed by atoms with Gasteiger partial charge in [-0.25, -0.2) is 9.37 Å². The molecule has 0 saturated heterocycles. The zero-order valence-corrected chi connectivity index (χ0v) is 11.3. The molecule has 1 aromatic heterocycles. The summed E-state index contributed by atoms with van der Waals surface area (Å²) in [5.74, 6) is -0.876. The van der Waals surface area contributed by atoms with Crippen molar-refractivity contribution >= 4 is 15.7 Å². The van der Waals surface area contributed by atoms with E-state index in [1.165, 1.54) is 12.3 Å². The molecule has 2 rings (SSSR count). The Labute approximate surface area is 111 Å². The number of anilines is 1. The van der Waals surface area contributed by atoms with E-state index < -0.39 is 20.9 Å². The second-order valence-corrected chi connectivity index (χ2v) is 5.79. The van der Waals surface area contributed by atoms with E-state index in [0.717, 1.165) is 17.2 Å². The van der Waals surface area contributed by atoms with Gasteiger partial charge in [0.05, 0.1) is 0 Å². The van der Waals surface area contributed by atoms with E-state index >= 15 is 0 Å². The Hall–Kier alpha value is -1.95. The second-order valence-electron chi connectivity index (χ2n) is 4.19. The molecule has 1 N–H and O–H groups in total. The lowest BCUT2D eigenvalue weighted by atomic mass is 10.1. The van der Waals surface area contributed by atoms with Gasteiger partial charge in [0, 0.05) is 11.9 Å². The van der Waals surface area contributed by atoms with Crippen LogP contribution in [0, 0.1) is 19.7 Å². The minimum atomic E-state index is -4.01. The van der Waals surface area contributed by atoms with Crippen LogP contribution in [0.15, 0.2) is 41.6 Å². The maximum absolute atomic E-state index is 13.4. The molecule has 0 aliphatic rings. The van der Waals surface area contributed by atoms with Gasteiger partial charge in [-0.3, -0.25) is 4.72 Å². The van der Waals surface area contributed by atoms with Crippen LogP contribution in [0.2, 0.25) is 0 Å². The van der Waals surface area contributed by atoms with Crippen molar-refractivity contribution in [3.63, 3.8) is 0 Å². The summed E-state index contributed by atoms with van der Waals surface area (Å²) in [4.78, 5) is 3.56. The number of nitrogens with zero attached hydrogens (tertiary/aromatic N) is 1. The molecule has 2 aromatic rings. The Kier molecular flexibility index (Phi) is 3.53. The van der Waals surface area contributed by atoms with Gasteiger partial charge >= 0.3 is 0 Å². The molecule has 0 saturated carbocycles. The topological polar surface area (TPSA) is 59.1 Å². The first-order valence-corrected chi connectivity index (χ1v) is 7.09. The van der Waals surface area contributed by atoms with Crippen LogP contribution in [0.4, 0.5) is 10.1 Å². The highest BCUT2D eigenvalue weighted by molar-refractivity contribution is 7.92. The fourth-order valence-corrected chi connectivity index (χ4v) is 2.64. The van der Waals surface area contributed by atoms with Gasteiger partial charge < -0.3 is 0 Å². The number of hydrogen-bond acceptors (Lipinski definition) is 3. The summed E-state index contributed by atoms with van der Waals surface area (Å²) in [6, 6.07) is 7.50. The Morgan fingerprint density at radius 3 is 2.53 bits per heavy atom. The van der Waals surface area contributed by atoms with E-state index in [0.29, 0.717) is 5.69 Å². The average Bonchev–Trinajstić information content (AvgIpc) is 2.34. The van der Waals surface area contributed by atoms with E-state index in [2.05, 4.69) is 9.71 Å². The number of nitrogens with one attached hydrogen (secondary N) is 1. The third-order valence-corrected chi connectivity index (χ3v) is 4.05. The van der Waals surface area contributed by atoms with Crippen LogP contribution in [0.5, 0.6) is 0 Å². The van der Waals surface area contributed by atoms with Crippen LogP contribution >= 0.6 is 0 Å². The standard InChI is InChI=1S/C13H13FN2O2S/c1-9-5-6-11(8-10(9)2)16-19(17,18)13-12(14)4-3-7-15-13/h3-8,16H,1-2H3. The highest BCUT2D eigenvalue weighted by Crippen LogP contribution is 2.19. The quantitative estimate of drug-likeness (QED) is 0.940. The maximum Gasteiger partial charge on any atom is 0.282 e. The summed E-state index contributed by atoms with van der Waals surface area (Å²) in [5.41, 5.74) is 2.38. The SMILES string of the molecule is Cc1ccc(NS(=O)(=O)c2ncccc2F)cc1C. The van der Waals surface area contributed by atoms with Gasteiger partial charge in [-0.2, -0.15) is 8.42 Å². The van der Waals surface area contributed by atoms with Crippen molar-refractivity contribution in [3.05, 3.63) is 53.5 Å². The molecule has 1 heterocycles. The van der Waals surface area contributed by atoms with Gasteiger partial charge in [0.25, 0.3) is 10.0 Å². The van der Waals surface area contributed by atoms with Crippen LogP contribution in [-0.4, -0.2) is 13.4 Å². The molecular weight excluding hydrogens is 267 g/mol. The van der Waals surface area contributed by atoms with Gasteiger partial charge in [-0.05, 0) is 49.2 Å². The number of benzene rings is 1. The fourth-order valence-electron chi connectivity index (χ4n) is 1.58. The Morgan fingerprint density at radius 2 is 1.89 bits per heavy atom. The van der Waals surface area contributed by atoms with Gasteiger partial charge in [0.1, 0.15) is 0 Å². The van der Waals surface area contributed by atoms with Gasteiger partial charge in [-0.15, -0.1) is 0 Å². The molecule has 0 unspecified atom stereocenters. The van der Waals surface area contributed by atoms with Crippen molar-refractivity contribution in [1.82, 2.24) is 4.98 Å². The Morgan fingerprint density at radius 1 is 1.16 bits per heavy atom. The molecule has 0 radical (unpaired) electrons. The predicted molar refractivity (Wildman–Crippen MR) is 70.9 cm³/mol. The van der Waals surface area contributed by atoms with E-state index in [1.807, 2.05) is 13.8 Å². The first-order chi connectivity index (χ1) is 8.90. The third-order valence-electron chi connectivity index (χ3n) is 2.74. The monoisotopic (exact) mass is 280 g/mol. The molecule has 0 amide bonds. The molecular formula is C13H13FN2O2S. The highest BCUT2D eigenvalue weighted by atomic mass is 32.2. The Bertz CT molecular complexity index is 714. The van der Waals surface area contributed by atoms with Crippen molar-refractivity contribution in [2.24, 2.45) is 0 Å². The smallest absolute Gasteiger partial charge is 0.278 e. The number of rotatable bonds is 3. The van der Waals surface area contributed by atoms with E-state index in [1.54, 1.807) is 18.2 Å². The van der Waals surface area contributed by atoms with Crippen molar-refractivity contribution in [2.75, 3.05) is 4.72 Å². The van der Waals surface area contributed by atoms with E-state index in [-0.39, 0.29) is 0 Å². The number of hydrogen-bond donors (Lipinski definition) is 1. The normalized spacial score (nSPS) is 11.3. The lowest BCUT2D eigenvalue weighted by Gasteiger charge is -2.09. The van der Waals surface area contributed by atoms with E-state index in [4.69, 9.17) is 0 Å². The van der Waals surface area contributed by atoms with Gasteiger partial charge in [0.15, 0.2) is 5.82 Å². The molecule has 4 nitrogen and oxygen atoms in total. The number of sulfonamides is 1.